The Bertz CT molecular complexity index is 487. The zero-order chi connectivity index (χ0) is 14.1. The standard InChI is InChI=1S/C15H18O3S/c1-13-8-10-14(11-9-13)19(17)12-6-4-3-5-7-15(16)18-2/h5-12H,3-4H2,1-2H3/b7-5+,12-6-/t19-/m1/s1. The third kappa shape index (κ3) is 6.15. The Hall–Kier alpha value is -1.68. The molecule has 0 aromatic heterocycles. The van der Waals surface area contributed by atoms with Gasteiger partial charge in [-0.2, -0.15) is 0 Å². The monoisotopic (exact) mass is 278 g/mol. The van der Waals surface area contributed by atoms with Gasteiger partial charge in [0.05, 0.1) is 17.9 Å². The second-order valence-electron chi connectivity index (χ2n) is 3.99. The van der Waals surface area contributed by atoms with Gasteiger partial charge < -0.3 is 4.74 Å². The largest absolute Gasteiger partial charge is 0.466 e. The average molecular weight is 278 g/mol. The summed E-state index contributed by atoms with van der Waals surface area (Å²) in [4.78, 5) is 11.6. The SMILES string of the molecule is COC(=O)/C=C/CC/C=C\[S@@](=O)c1ccc(C)cc1. The second kappa shape index (κ2) is 8.43. The highest BCUT2D eigenvalue weighted by Gasteiger charge is 1.97. The first kappa shape index (κ1) is 15.4. The summed E-state index contributed by atoms with van der Waals surface area (Å²) in [5, 5.41) is 1.68. The third-order valence-electron chi connectivity index (χ3n) is 2.43. The molecule has 0 amide bonds. The fourth-order valence-electron chi connectivity index (χ4n) is 1.35. The molecular weight excluding hydrogens is 260 g/mol. The third-order valence-corrected chi connectivity index (χ3v) is 3.60. The lowest BCUT2D eigenvalue weighted by Gasteiger charge is -1.97. The smallest absolute Gasteiger partial charge is 0.330 e. The van der Waals surface area contributed by atoms with Crippen LogP contribution in [0.25, 0.3) is 0 Å². The van der Waals surface area contributed by atoms with Crippen molar-refractivity contribution in [2.45, 2.75) is 24.7 Å². The van der Waals surface area contributed by atoms with E-state index in [0.717, 1.165) is 23.3 Å². The van der Waals surface area contributed by atoms with Gasteiger partial charge in [-0.05, 0) is 31.9 Å². The number of allylic oxidation sites excluding steroid dienone is 2. The number of hydrogen-bond donors (Lipinski definition) is 0. The van der Waals surface area contributed by atoms with Crippen LogP contribution in [0, 0.1) is 6.92 Å². The molecule has 0 N–H and O–H groups in total. The molecule has 0 unspecified atom stereocenters. The lowest BCUT2D eigenvalue weighted by Crippen LogP contribution is -1.93. The van der Waals surface area contributed by atoms with E-state index in [9.17, 15) is 9.00 Å². The summed E-state index contributed by atoms with van der Waals surface area (Å²) in [6.07, 6.45) is 6.45. The van der Waals surface area contributed by atoms with Gasteiger partial charge in [-0.25, -0.2) is 9.00 Å². The minimum absolute atomic E-state index is 0.354. The highest BCUT2D eigenvalue weighted by Crippen LogP contribution is 2.09. The maximum atomic E-state index is 11.9. The molecule has 0 heterocycles. The molecule has 0 aliphatic carbocycles. The van der Waals surface area contributed by atoms with Gasteiger partial charge in [-0.1, -0.05) is 29.8 Å². The Kier molecular flexibility index (Phi) is 6.82. The Labute approximate surface area is 116 Å². The predicted octanol–water partition coefficient (Wildman–Crippen LogP) is 3.13. The van der Waals surface area contributed by atoms with Crippen LogP contribution in [0.1, 0.15) is 18.4 Å². The number of carbonyl (C=O) groups is 1. The van der Waals surface area contributed by atoms with Crippen molar-refractivity contribution in [2.24, 2.45) is 0 Å². The van der Waals surface area contributed by atoms with E-state index in [1.807, 2.05) is 37.3 Å². The van der Waals surface area contributed by atoms with Gasteiger partial charge in [0.25, 0.3) is 0 Å². The van der Waals surface area contributed by atoms with E-state index >= 15 is 0 Å². The molecule has 4 heteroatoms. The quantitative estimate of drug-likeness (QED) is 0.456. The highest BCUT2D eigenvalue weighted by atomic mass is 32.2. The number of carbonyl (C=O) groups excluding carboxylic acids is 1. The maximum absolute atomic E-state index is 11.9. The molecule has 102 valence electrons. The van der Waals surface area contributed by atoms with E-state index < -0.39 is 10.8 Å². The number of esters is 1. The Balaban J connectivity index is 2.37. The van der Waals surface area contributed by atoms with Crippen molar-refractivity contribution in [1.82, 2.24) is 0 Å². The molecule has 1 atom stereocenters. The minimum atomic E-state index is -1.10. The van der Waals surface area contributed by atoms with Crippen LogP contribution in [-0.4, -0.2) is 17.3 Å². The first-order valence-corrected chi connectivity index (χ1v) is 7.23. The molecule has 0 spiro atoms. The fourth-order valence-corrected chi connectivity index (χ4v) is 2.22. The van der Waals surface area contributed by atoms with Crippen LogP contribution in [0.15, 0.2) is 52.8 Å². The Morgan fingerprint density at radius 1 is 1.21 bits per heavy atom. The maximum Gasteiger partial charge on any atom is 0.330 e. The second-order valence-corrected chi connectivity index (χ2v) is 5.32. The lowest BCUT2D eigenvalue weighted by molar-refractivity contribution is -0.134. The molecule has 0 aliphatic heterocycles. The van der Waals surface area contributed by atoms with Crippen molar-refractivity contribution in [2.75, 3.05) is 7.11 Å². The van der Waals surface area contributed by atoms with Crippen molar-refractivity contribution in [3.63, 3.8) is 0 Å². The van der Waals surface area contributed by atoms with Crippen molar-refractivity contribution in [3.8, 4) is 0 Å². The number of unbranched alkanes of at least 4 members (excludes halogenated alkanes) is 1. The molecule has 0 radical (unpaired) electrons. The molecule has 0 saturated carbocycles. The molecule has 0 bridgehead atoms. The first-order valence-electron chi connectivity index (χ1n) is 6.02. The van der Waals surface area contributed by atoms with Gasteiger partial charge in [0.15, 0.2) is 0 Å². The van der Waals surface area contributed by atoms with E-state index in [1.165, 1.54) is 13.2 Å². The Morgan fingerprint density at radius 3 is 2.47 bits per heavy atom. The number of ether oxygens (including phenoxy) is 1. The van der Waals surface area contributed by atoms with Gasteiger partial charge >= 0.3 is 5.97 Å². The molecule has 0 fully saturated rings. The predicted molar refractivity (Wildman–Crippen MR) is 77.1 cm³/mol. The van der Waals surface area contributed by atoms with Gasteiger partial charge in [0, 0.05) is 16.4 Å². The summed E-state index contributed by atoms with van der Waals surface area (Å²) in [5.41, 5.74) is 1.15. The first-order chi connectivity index (χ1) is 9.13. The number of rotatable bonds is 6. The molecular formula is C15H18O3S. The van der Waals surface area contributed by atoms with Gasteiger partial charge in [-0.15, -0.1) is 0 Å². The molecule has 1 aromatic rings. The molecule has 1 aromatic carbocycles. The van der Waals surface area contributed by atoms with Gasteiger partial charge in [-0.3, -0.25) is 0 Å². The number of benzene rings is 1. The normalized spacial score (nSPS) is 12.9. The molecule has 0 aliphatic rings. The van der Waals surface area contributed by atoms with Crippen LogP contribution in [0.4, 0.5) is 0 Å². The van der Waals surface area contributed by atoms with Crippen LogP contribution in [0.2, 0.25) is 0 Å². The molecule has 1 rings (SSSR count). The van der Waals surface area contributed by atoms with E-state index in [2.05, 4.69) is 4.74 Å². The summed E-state index contributed by atoms with van der Waals surface area (Å²) in [5.74, 6) is -0.354. The number of methoxy groups -OCH3 is 1. The van der Waals surface area contributed by atoms with E-state index in [-0.39, 0.29) is 5.97 Å². The Morgan fingerprint density at radius 2 is 1.84 bits per heavy atom. The van der Waals surface area contributed by atoms with E-state index in [0.29, 0.717) is 0 Å². The van der Waals surface area contributed by atoms with Crippen molar-refractivity contribution in [1.29, 1.82) is 0 Å². The molecule has 3 nitrogen and oxygen atoms in total. The number of aryl methyl sites for hydroxylation is 1. The van der Waals surface area contributed by atoms with Crippen LogP contribution < -0.4 is 0 Å². The van der Waals surface area contributed by atoms with Crippen molar-refractivity contribution < 1.29 is 13.7 Å². The summed E-state index contributed by atoms with van der Waals surface area (Å²) in [6.45, 7) is 2.00. The van der Waals surface area contributed by atoms with Crippen LogP contribution in [0.3, 0.4) is 0 Å². The van der Waals surface area contributed by atoms with Crippen LogP contribution in [0.5, 0.6) is 0 Å². The summed E-state index contributed by atoms with van der Waals surface area (Å²) in [7, 11) is 0.241. The average Bonchev–Trinajstić information content (AvgIpc) is 2.42. The topological polar surface area (TPSA) is 43.4 Å². The van der Waals surface area contributed by atoms with Crippen molar-refractivity contribution >= 4 is 16.8 Å². The van der Waals surface area contributed by atoms with Gasteiger partial charge in [0.2, 0.25) is 0 Å². The van der Waals surface area contributed by atoms with Gasteiger partial charge in [0.1, 0.15) is 0 Å². The zero-order valence-corrected chi connectivity index (χ0v) is 12.0. The summed E-state index contributed by atoms with van der Waals surface area (Å²) < 4.78 is 16.3. The highest BCUT2D eigenvalue weighted by molar-refractivity contribution is 7.88. The molecule has 19 heavy (non-hydrogen) atoms. The summed E-state index contributed by atoms with van der Waals surface area (Å²) in [6, 6.07) is 7.63. The van der Waals surface area contributed by atoms with E-state index in [4.69, 9.17) is 0 Å². The van der Waals surface area contributed by atoms with Crippen LogP contribution >= 0.6 is 0 Å². The minimum Gasteiger partial charge on any atom is -0.466 e. The summed E-state index contributed by atoms with van der Waals surface area (Å²) >= 11 is 0. The fraction of sp³-hybridized carbons (Fsp3) is 0.267. The molecule has 0 saturated heterocycles. The lowest BCUT2D eigenvalue weighted by atomic mass is 10.2. The number of hydrogen-bond acceptors (Lipinski definition) is 3. The van der Waals surface area contributed by atoms with Crippen molar-refractivity contribution in [3.05, 3.63) is 53.5 Å². The zero-order valence-electron chi connectivity index (χ0n) is 11.2. The van der Waals surface area contributed by atoms with Crippen LogP contribution in [-0.2, 0) is 20.3 Å². The van der Waals surface area contributed by atoms with E-state index in [1.54, 1.807) is 11.5 Å².